The van der Waals surface area contributed by atoms with Crippen LogP contribution in [0, 0.1) is 6.92 Å². The second-order valence-electron chi connectivity index (χ2n) is 3.67. The van der Waals surface area contributed by atoms with Crippen LogP contribution >= 0.6 is 11.3 Å². The van der Waals surface area contributed by atoms with Crippen molar-refractivity contribution in [2.24, 2.45) is 0 Å². The summed E-state index contributed by atoms with van der Waals surface area (Å²) in [6.45, 7) is 1.92. The van der Waals surface area contributed by atoms with Gasteiger partial charge >= 0.3 is 12.0 Å². The number of carbonyl (C=O) groups excluding carboxylic acids is 1. The van der Waals surface area contributed by atoms with Crippen molar-refractivity contribution in [1.82, 2.24) is 25.3 Å². The van der Waals surface area contributed by atoms with Gasteiger partial charge in [0.15, 0.2) is 5.82 Å². The lowest BCUT2D eigenvalue weighted by Gasteiger charge is -2.06. The van der Waals surface area contributed by atoms with Gasteiger partial charge in [-0.05, 0) is 6.92 Å². The van der Waals surface area contributed by atoms with Crippen LogP contribution in [-0.2, 0) is 6.54 Å². The van der Waals surface area contributed by atoms with Gasteiger partial charge in [0.25, 0.3) is 5.91 Å². The second-order valence-corrected chi connectivity index (χ2v) is 4.53. The lowest BCUT2D eigenvalue weighted by Crippen LogP contribution is -2.24. The van der Waals surface area contributed by atoms with Crippen LogP contribution < -0.4 is 14.8 Å². The van der Waals surface area contributed by atoms with Crippen LogP contribution in [-0.4, -0.2) is 40.1 Å². The predicted molar refractivity (Wildman–Crippen MR) is 71.0 cm³/mol. The summed E-state index contributed by atoms with van der Waals surface area (Å²) in [6.07, 6.45) is 0. The molecule has 0 radical (unpaired) electrons. The van der Waals surface area contributed by atoms with Crippen molar-refractivity contribution >= 4 is 17.2 Å². The van der Waals surface area contributed by atoms with Gasteiger partial charge in [0.2, 0.25) is 0 Å². The molecule has 2 rings (SSSR count). The summed E-state index contributed by atoms with van der Waals surface area (Å²) in [5, 5.41) is 2.71. The van der Waals surface area contributed by atoms with Gasteiger partial charge in [-0.15, -0.1) is 16.3 Å². The van der Waals surface area contributed by atoms with Gasteiger partial charge in [0, 0.05) is 0 Å². The SMILES string of the molecule is COc1nc(CNC(=O)c2scnc2C)nc(OC)n1. The van der Waals surface area contributed by atoms with Gasteiger partial charge in [0.05, 0.1) is 32.0 Å². The molecule has 1 amide bonds. The number of hydrogen-bond donors (Lipinski definition) is 1. The monoisotopic (exact) mass is 295 g/mol. The summed E-state index contributed by atoms with van der Waals surface area (Å²) in [4.78, 5) is 28.4. The molecule has 9 heteroatoms. The minimum absolute atomic E-state index is 0.134. The molecule has 0 bridgehead atoms. The molecule has 1 N–H and O–H groups in total. The van der Waals surface area contributed by atoms with Crippen molar-refractivity contribution in [2.75, 3.05) is 14.2 Å². The summed E-state index contributed by atoms with van der Waals surface area (Å²) in [5.74, 6) is 0.132. The molecule has 106 valence electrons. The molecule has 0 saturated heterocycles. The number of hydrogen-bond acceptors (Lipinski definition) is 8. The Hall–Kier alpha value is -2.29. The van der Waals surface area contributed by atoms with Crippen LogP contribution in [0.5, 0.6) is 12.0 Å². The third-order valence-electron chi connectivity index (χ3n) is 2.36. The molecule has 2 aromatic heterocycles. The predicted octanol–water partition coefficient (Wildman–Crippen LogP) is 0.584. The van der Waals surface area contributed by atoms with E-state index in [0.717, 1.165) is 0 Å². The first-order valence-corrected chi connectivity index (χ1v) is 6.53. The number of methoxy groups -OCH3 is 2. The van der Waals surface area contributed by atoms with Crippen LogP contribution in [0.3, 0.4) is 0 Å². The molecular weight excluding hydrogens is 282 g/mol. The first-order chi connectivity index (χ1) is 9.63. The van der Waals surface area contributed by atoms with E-state index in [1.807, 2.05) is 0 Å². The summed E-state index contributed by atoms with van der Waals surface area (Å²) in [6, 6.07) is 0.269. The van der Waals surface area contributed by atoms with Crippen molar-refractivity contribution in [3.63, 3.8) is 0 Å². The quantitative estimate of drug-likeness (QED) is 0.861. The van der Waals surface area contributed by atoms with Gasteiger partial charge in [0.1, 0.15) is 4.88 Å². The molecule has 0 aliphatic carbocycles. The van der Waals surface area contributed by atoms with E-state index in [1.165, 1.54) is 25.6 Å². The first-order valence-electron chi connectivity index (χ1n) is 5.65. The maximum absolute atomic E-state index is 11.9. The molecule has 8 nitrogen and oxygen atoms in total. The third-order valence-corrected chi connectivity index (χ3v) is 3.29. The third kappa shape index (κ3) is 3.18. The highest BCUT2D eigenvalue weighted by Crippen LogP contribution is 2.12. The van der Waals surface area contributed by atoms with Crippen LogP contribution in [0.2, 0.25) is 0 Å². The van der Waals surface area contributed by atoms with Gasteiger partial charge in [-0.3, -0.25) is 4.79 Å². The smallest absolute Gasteiger partial charge is 0.322 e. The standard InChI is InChI=1S/C11H13N5O3S/c1-6-8(20-5-13-6)9(17)12-4-7-14-10(18-2)16-11(15-7)19-3/h5H,4H2,1-3H3,(H,12,17). The van der Waals surface area contributed by atoms with E-state index in [2.05, 4.69) is 25.3 Å². The molecule has 0 atom stereocenters. The molecule has 0 aliphatic rings. The highest BCUT2D eigenvalue weighted by atomic mass is 32.1. The van der Waals surface area contributed by atoms with Gasteiger partial charge < -0.3 is 14.8 Å². The van der Waals surface area contributed by atoms with Crippen LogP contribution in [0.25, 0.3) is 0 Å². The summed E-state index contributed by atoms with van der Waals surface area (Å²) in [5.41, 5.74) is 2.32. The van der Waals surface area contributed by atoms with E-state index < -0.39 is 0 Å². The minimum Gasteiger partial charge on any atom is -0.467 e. The number of aromatic nitrogens is 4. The largest absolute Gasteiger partial charge is 0.467 e. The van der Waals surface area contributed by atoms with E-state index in [0.29, 0.717) is 16.4 Å². The van der Waals surface area contributed by atoms with Gasteiger partial charge in [-0.1, -0.05) is 0 Å². The Bertz CT molecular complexity index is 594. The van der Waals surface area contributed by atoms with E-state index >= 15 is 0 Å². The molecule has 0 aliphatic heterocycles. The Balaban J connectivity index is 2.07. The van der Waals surface area contributed by atoms with Crippen molar-refractivity contribution in [1.29, 1.82) is 0 Å². The topological polar surface area (TPSA) is 99.1 Å². The van der Waals surface area contributed by atoms with Crippen LogP contribution in [0.4, 0.5) is 0 Å². The fourth-order valence-electron chi connectivity index (χ4n) is 1.40. The number of thiazole rings is 1. The Labute approximate surface area is 119 Å². The van der Waals surface area contributed by atoms with Crippen molar-refractivity contribution in [2.45, 2.75) is 13.5 Å². The molecule has 0 spiro atoms. The normalized spacial score (nSPS) is 10.2. The number of nitrogens with zero attached hydrogens (tertiary/aromatic N) is 4. The van der Waals surface area contributed by atoms with E-state index in [1.54, 1.807) is 12.4 Å². The molecule has 2 heterocycles. The molecule has 2 aromatic rings. The van der Waals surface area contributed by atoms with Crippen LogP contribution in [0.1, 0.15) is 21.2 Å². The zero-order valence-electron chi connectivity index (χ0n) is 11.2. The van der Waals surface area contributed by atoms with E-state index in [4.69, 9.17) is 9.47 Å². The number of aryl methyl sites for hydroxylation is 1. The Morgan fingerprint density at radius 1 is 1.25 bits per heavy atom. The molecule has 0 unspecified atom stereocenters. The first kappa shape index (κ1) is 14.1. The van der Waals surface area contributed by atoms with Gasteiger partial charge in [-0.2, -0.15) is 9.97 Å². The minimum atomic E-state index is -0.219. The Morgan fingerprint density at radius 3 is 2.40 bits per heavy atom. The van der Waals surface area contributed by atoms with Crippen LogP contribution in [0.15, 0.2) is 5.51 Å². The molecular formula is C11H13N5O3S. The molecule has 0 fully saturated rings. The fourth-order valence-corrected chi connectivity index (χ4v) is 2.12. The molecule has 20 heavy (non-hydrogen) atoms. The van der Waals surface area contributed by atoms with Gasteiger partial charge in [-0.25, -0.2) is 4.98 Å². The average molecular weight is 295 g/mol. The number of nitrogens with one attached hydrogen (secondary N) is 1. The van der Waals surface area contributed by atoms with E-state index in [-0.39, 0.29) is 24.5 Å². The maximum Gasteiger partial charge on any atom is 0.322 e. The van der Waals surface area contributed by atoms with Crippen molar-refractivity contribution < 1.29 is 14.3 Å². The lowest BCUT2D eigenvalue weighted by atomic mass is 10.4. The van der Waals surface area contributed by atoms with E-state index in [9.17, 15) is 4.79 Å². The number of rotatable bonds is 5. The highest BCUT2D eigenvalue weighted by molar-refractivity contribution is 7.11. The Kier molecular flexibility index (Phi) is 4.41. The summed E-state index contributed by atoms with van der Waals surface area (Å²) < 4.78 is 9.87. The zero-order valence-corrected chi connectivity index (χ0v) is 12.0. The number of ether oxygens (including phenoxy) is 2. The lowest BCUT2D eigenvalue weighted by molar-refractivity contribution is 0.0952. The average Bonchev–Trinajstić information content (AvgIpc) is 2.90. The molecule has 0 saturated carbocycles. The summed E-state index contributed by atoms with van der Waals surface area (Å²) in [7, 11) is 2.88. The second kappa shape index (κ2) is 6.24. The zero-order chi connectivity index (χ0) is 14.5. The fraction of sp³-hybridized carbons (Fsp3) is 0.364. The number of carbonyl (C=O) groups is 1. The highest BCUT2D eigenvalue weighted by Gasteiger charge is 2.13. The maximum atomic E-state index is 11.9. The van der Waals surface area contributed by atoms with Crippen molar-refractivity contribution in [3.8, 4) is 12.0 Å². The molecule has 0 aromatic carbocycles. The Morgan fingerprint density at radius 2 is 1.90 bits per heavy atom. The number of amides is 1. The van der Waals surface area contributed by atoms with Crippen molar-refractivity contribution in [3.05, 3.63) is 21.9 Å². The summed E-state index contributed by atoms with van der Waals surface area (Å²) >= 11 is 1.28.